The van der Waals surface area contributed by atoms with Crippen LogP contribution < -0.4 is 10.6 Å². The molecular weight excluding hydrogens is 214 g/mol. The number of carbonyl (C=O) groups excluding carboxylic acids is 1. The van der Waals surface area contributed by atoms with Gasteiger partial charge in [0.25, 0.3) is 0 Å². The molecule has 0 spiro atoms. The third kappa shape index (κ3) is 3.82. The highest BCUT2D eigenvalue weighted by atomic mass is 16.1. The SMILES string of the molecule is Cc1ccc(NC(=O)CC2CCCNC2)nc1. The van der Waals surface area contributed by atoms with Crippen LogP contribution in [0.1, 0.15) is 24.8 Å². The smallest absolute Gasteiger partial charge is 0.225 e. The topological polar surface area (TPSA) is 54.0 Å². The van der Waals surface area contributed by atoms with E-state index in [2.05, 4.69) is 15.6 Å². The maximum Gasteiger partial charge on any atom is 0.225 e. The molecule has 2 rings (SSSR count). The van der Waals surface area contributed by atoms with Crippen molar-refractivity contribution in [3.05, 3.63) is 23.9 Å². The van der Waals surface area contributed by atoms with Gasteiger partial charge in [-0.2, -0.15) is 0 Å². The van der Waals surface area contributed by atoms with Gasteiger partial charge < -0.3 is 10.6 Å². The highest BCUT2D eigenvalue weighted by Gasteiger charge is 2.16. The minimum absolute atomic E-state index is 0.0649. The van der Waals surface area contributed by atoms with Crippen LogP contribution >= 0.6 is 0 Å². The van der Waals surface area contributed by atoms with Gasteiger partial charge in [-0.25, -0.2) is 4.98 Å². The molecule has 1 amide bonds. The summed E-state index contributed by atoms with van der Waals surface area (Å²) in [5.41, 5.74) is 1.10. The minimum atomic E-state index is 0.0649. The van der Waals surface area contributed by atoms with Crippen LogP contribution in [-0.2, 0) is 4.79 Å². The molecule has 1 aromatic heterocycles. The van der Waals surface area contributed by atoms with Crippen LogP contribution in [0.5, 0.6) is 0 Å². The molecule has 1 atom stereocenters. The molecule has 0 radical (unpaired) electrons. The number of amides is 1. The molecular formula is C13H19N3O. The van der Waals surface area contributed by atoms with Crippen molar-refractivity contribution in [1.82, 2.24) is 10.3 Å². The average molecular weight is 233 g/mol. The van der Waals surface area contributed by atoms with E-state index in [1.165, 1.54) is 6.42 Å². The van der Waals surface area contributed by atoms with Crippen molar-refractivity contribution in [2.45, 2.75) is 26.2 Å². The minimum Gasteiger partial charge on any atom is -0.316 e. The van der Waals surface area contributed by atoms with Crippen molar-refractivity contribution < 1.29 is 4.79 Å². The van der Waals surface area contributed by atoms with Crippen molar-refractivity contribution in [3.63, 3.8) is 0 Å². The van der Waals surface area contributed by atoms with Gasteiger partial charge in [-0.15, -0.1) is 0 Å². The van der Waals surface area contributed by atoms with E-state index in [0.717, 1.165) is 25.1 Å². The fraction of sp³-hybridized carbons (Fsp3) is 0.538. The van der Waals surface area contributed by atoms with Crippen molar-refractivity contribution in [3.8, 4) is 0 Å². The Morgan fingerprint density at radius 2 is 2.47 bits per heavy atom. The van der Waals surface area contributed by atoms with Gasteiger partial charge in [-0.3, -0.25) is 4.79 Å². The Kier molecular flexibility index (Phi) is 4.09. The van der Waals surface area contributed by atoms with Gasteiger partial charge in [-0.05, 0) is 50.4 Å². The van der Waals surface area contributed by atoms with Crippen molar-refractivity contribution in [2.75, 3.05) is 18.4 Å². The lowest BCUT2D eigenvalue weighted by molar-refractivity contribution is -0.117. The number of aryl methyl sites for hydroxylation is 1. The van der Waals surface area contributed by atoms with E-state index >= 15 is 0 Å². The molecule has 4 nitrogen and oxygen atoms in total. The second-order valence-electron chi connectivity index (χ2n) is 4.69. The number of anilines is 1. The number of nitrogens with one attached hydrogen (secondary N) is 2. The highest BCUT2D eigenvalue weighted by molar-refractivity contribution is 5.89. The van der Waals surface area contributed by atoms with Crippen molar-refractivity contribution in [2.24, 2.45) is 5.92 Å². The summed E-state index contributed by atoms with van der Waals surface area (Å²) in [5.74, 6) is 1.17. The number of rotatable bonds is 3. The first kappa shape index (κ1) is 12.0. The van der Waals surface area contributed by atoms with Gasteiger partial charge in [0.15, 0.2) is 0 Å². The van der Waals surface area contributed by atoms with Crippen molar-refractivity contribution >= 4 is 11.7 Å². The Morgan fingerprint density at radius 3 is 3.12 bits per heavy atom. The Balaban J connectivity index is 1.82. The quantitative estimate of drug-likeness (QED) is 0.835. The lowest BCUT2D eigenvalue weighted by atomic mass is 9.96. The molecule has 0 bridgehead atoms. The van der Waals surface area contributed by atoms with E-state index in [1.807, 2.05) is 19.1 Å². The van der Waals surface area contributed by atoms with Gasteiger partial charge in [0.1, 0.15) is 5.82 Å². The predicted octanol–water partition coefficient (Wildman–Crippen LogP) is 1.72. The first-order chi connectivity index (χ1) is 8.24. The fourth-order valence-electron chi connectivity index (χ4n) is 2.10. The molecule has 0 aliphatic carbocycles. The molecule has 2 heterocycles. The summed E-state index contributed by atoms with van der Waals surface area (Å²) < 4.78 is 0. The predicted molar refractivity (Wildman–Crippen MR) is 67.8 cm³/mol. The molecule has 92 valence electrons. The molecule has 1 fully saturated rings. The van der Waals surface area contributed by atoms with Gasteiger partial charge in [-0.1, -0.05) is 6.07 Å². The van der Waals surface area contributed by atoms with Gasteiger partial charge in [0.05, 0.1) is 0 Å². The lowest BCUT2D eigenvalue weighted by Gasteiger charge is -2.21. The number of hydrogen-bond acceptors (Lipinski definition) is 3. The monoisotopic (exact) mass is 233 g/mol. The Bertz CT molecular complexity index is 369. The molecule has 17 heavy (non-hydrogen) atoms. The maximum atomic E-state index is 11.8. The zero-order valence-electron chi connectivity index (χ0n) is 10.2. The molecule has 0 saturated carbocycles. The number of piperidine rings is 1. The molecule has 1 aliphatic heterocycles. The molecule has 4 heteroatoms. The summed E-state index contributed by atoms with van der Waals surface area (Å²) >= 11 is 0. The summed E-state index contributed by atoms with van der Waals surface area (Å²) in [4.78, 5) is 16.0. The van der Waals surface area contributed by atoms with Gasteiger partial charge in [0.2, 0.25) is 5.91 Å². The molecule has 1 aromatic rings. The number of pyridine rings is 1. The summed E-state index contributed by atoms with van der Waals surface area (Å²) in [6, 6.07) is 3.79. The third-order valence-corrected chi connectivity index (χ3v) is 3.05. The summed E-state index contributed by atoms with van der Waals surface area (Å²) in [6.07, 6.45) is 4.66. The van der Waals surface area contributed by atoms with E-state index in [0.29, 0.717) is 18.2 Å². The van der Waals surface area contributed by atoms with E-state index < -0.39 is 0 Å². The standard InChI is InChI=1S/C13H19N3O/c1-10-4-5-12(15-8-10)16-13(17)7-11-3-2-6-14-9-11/h4-5,8,11,14H,2-3,6-7,9H2,1H3,(H,15,16,17). The van der Waals surface area contributed by atoms with E-state index in [1.54, 1.807) is 6.20 Å². The van der Waals surface area contributed by atoms with Crippen LogP contribution in [0.25, 0.3) is 0 Å². The summed E-state index contributed by atoms with van der Waals surface area (Å²) in [6.45, 7) is 4.01. The van der Waals surface area contributed by atoms with Crippen LogP contribution in [0.15, 0.2) is 18.3 Å². The molecule has 0 aromatic carbocycles. The van der Waals surface area contributed by atoms with Gasteiger partial charge in [0, 0.05) is 12.6 Å². The Labute approximate surface area is 102 Å². The Hall–Kier alpha value is -1.42. The second kappa shape index (κ2) is 5.77. The maximum absolute atomic E-state index is 11.8. The normalized spacial score (nSPS) is 19.9. The highest BCUT2D eigenvalue weighted by Crippen LogP contribution is 2.15. The zero-order valence-corrected chi connectivity index (χ0v) is 10.2. The molecule has 2 N–H and O–H groups in total. The average Bonchev–Trinajstić information content (AvgIpc) is 2.33. The first-order valence-electron chi connectivity index (χ1n) is 6.17. The van der Waals surface area contributed by atoms with Crippen LogP contribution in [0.3, 0.4) is 0 Å². The molecule has 1 unspecified atom stereocenters. The fourth-order valence-corrected chi connectivity index (χ4v) is 2.10. The largest absolute Gasteiger partial charge is 0.316 e. The van der Waals surface area contributed by atoms with Gasteiger partial charge >= 0.3 is 0 Å². The van der Waals surface area contributed by atoms with E-state index in [4.69, 9.17) is 0 Å². The molecule has 1 saturated heterocycles. The number of aromatic nitrogens is 1. The number of nitrogens with zero attached hydrogens (tertiary/aromatic N) is 1. The first-order valence-corrected chi connectivity index (χ1v) is 6.17. The summed E-state index contributed by atoms with van der Waals surface area (Å²) in [7, 11) is 0. The van der Waals surface area contributed by atoms with Crippen LogP contribution in [0.4, 0.5) is 5.82 Å². The number of hydrogen-bond donors (Lipinski definition) is 2. The van der Waals surface area contributed by atoms with E-state index in [9.17, 15) is 4.79 Å². The second-order valence-corrected chi connectivity index (χ2v) is 4.69. The van der Waals surface area contributed by atoms with Crippen molar-refractivity contribution in [1.29, 1.82) is 0 Å². The summed E-state index contributed by atoms with van der Waals surface area (Å²) in [5, 5.41) is 6.15. The zero-order chi connectivity index (χ0) is 12.1. The lowest BCUT2D eigenvalue weighted by Crippen LogP contribution is -2.32. The number of carbonyl (C=O) groups is 1. The molecule has 1 aliphatic rings. The van der Waals surface area contributed by atoms with Crippen LogP contribution in [0.2, 0.25) is 0 Å². The Morgan fingerprint density at radius 1 is 1.59 bits per heavy atom. The van der Waals surface area contributed by atoms with Crippen LogP contribution in [0, 0.1) is 12.8 Å². The van der Waals surface area contributed by atoms with Crippen LogP contribution in [-0.4, -0.2) is 24.0 Å². The van der Waals surface area contributed by atoms with E-state index in [-0.39, 0.29) is 5.91 Å². The third-order valence-electron chi connectivity index (χ3n) is 3.05.